The Morgan fingerprint density at radius 3 is 1.46 bits per heavy atom. The van der Waals surface area contributed by atoms with Crippen molar-refractivity contribution < 1.29 is 33.8 Å². The average molecular weight is 747 g/mol. The van der Waals surface area contributed by atoms with Crippen molar-refractivity contribution in [2.45, 2.75) is 122 Å². The molecule has 3 aromatic rings. The number of phenolic OH excluding ortho intramolecular Hbond substituents is 2. The molecule has 0 saturated heterocycles. The molecular weight excluding hydrogens is 687 g/mol. The molecule has 0 aliphatic carbocycles. The molecule has 0 bridgehead atoms. The van der Waals surface area contributed by atoms with Gasteiger partial charge in [0.25, 0.3) is 5.91 Å². The fraction of sp³-hybridized carbons (Fsp3) is 0.488. The van der Waals surface area contributed by atoms with Crippen molar-refractivity contribution >= 4 is 23.6 Å². The number of halogens is 1. The van der Waals surface area contributed by atoms with Gasteiger partial charge in [-0.05, 0) is 66.1 Å². The molecule has 0 saturated carbocycles. The summed E-state index contributed by atoms with van der Waals surface area (Å²) in [5.74, 6) is -2.60. The predicted octanol–water partition coefficient (Wildman–Crippen LogP) is 7.02. The van der Waals surface area contributed by atoms with Gasteiger partial charge in [0.2, 0.25) is 17.7 Å². The molecule has 3 aromatic carbocycles. The van der Waals surface area contributed by atoms with Gasteiger partial charge in [-0.3, -0.25) is 19.2 Å². The second kappa shape index (κ2) is 25.2. The zero-order valence-corrected chi connectivity index (χ0v) is 31.7. The molecule has 0 aliphatic heterocycles. The normalized spacial score (nSPS) is 12.0. The molecule has 0 spiro atoms. The molecule has 0 fully saturated rings. The van der Waals surface area contributed by atoms with Crippen LogP contribution >= 0.6 is 0 Å². The van der Waals surface area contributed by atoms with Gasteiger partial charge in [0.15, 0.2) is 0 Å². The highest BCUT2D eigenvalue weighted by Gasteiger charge is 2.25. The minimum absolute atomic E-state index is 0.0391. The lowest BCUT2D eigenvalue weighted by atomic mass is 10.0. The Kier molecular flexibility index (Phi) is 20.3. The third-order valence-corrected chi connectivity index (χ3v) is 9.39. The monoisotopic (exact) mass is 746 g/mol. The average Bonchev–Trinajstić information content (AvgIpc) is 3.16. The Bertz CT molecular complexity index is 1550. The Balaban J connectivity index is 1.47. The summed E-state index contributed by atoms with van der Waals surface area (Å²) in [4.78, 5) is 52.7. The molecule has 10 nitrogen and oxygen atoms in total. The molecule has 294 valence electrons. The quantitative estimate of drug-likeness (QED) is 0.0485. The van der Waals surface area contributed by atoms with Crippen LogP contribution in [0, 0.1) is 5.82 Å². The predicted molar refractivity (Wildman–Crippen MR) is 210 cm³/mol. The lowest BCUT2D eigenvalue weighted by Crippen LogP contribution is -2.53. The first kappa shape index (κ1) is 43.5. The fourth-order valence-electron chi connectivity index (χ4n) is 6.19. The number of carbonyl (C=O) groups excluding carboxylic acids is 4. The van der Waals surface area contributed by atoms with E-state index in [1.807, 2.05) is 0 Å². The second-order valence-electron chi connectivity index (χ2n) is 14.0. The van der Waals surface area contributed by atoms with Crippen molar-refractivity contribution in [1.29, 1.82) is 0 Å². The van der Waals surface area contributed by atoms with Gasteiger partial charge >= 0.3 is 0 Å². The number of rotatable bonds is 26. The molecular formula is C43H59FN4O6. The summed E-state index contributed by atoms with van der Waals surface area (Å²) < 4.78 is 13.4. The number of carbonyl (C=O) groups is 4. The molecule has 0 heterocycles. The highest BCUT2D eigenvalue weighted by atomic mass is 19.1. The van der Waals surface area contributed by atoms with Gasteiger partial charge in [0, 0.05) is 24.9 Å². The maximum atomic E-state index is 13.4. The van der Waals surface area contributed by atoms with E-state index in [1.54, 1.807) is 24.3 Å². The maximum absolute atomic E-state index is 13.4. The van der Waals surface area contributed by atoms with Crippen molar-refractivity contribution in [3.63, 3.8) is 0 Å². The number of hydrogen-bond donors (Lipinski definition) is 6. The molecule has 0 radical (unpaired) electrons. The maximum Gasteiger partial charge on any atom is 0.251 e. The van der Waals surface area contributed by atoms with Crippen LogP contribution in [0.2, 0.25) is 0 Å². The molecule has 6 N–H and O–H groups in total. The topological polar surface area (TPSA) is 157 Å². The molecule has 4 amide bonds. The summed E-state index contributed by atoms with van der Waals surface area (Å²) >= 11 is 0. The van der Waals surface area contributed by atoms with Crippen LogP contribution in [0.3, 0.4) is 0 Å². The van der Waals surface area contributed by atoms with E-state index in [-0.39, 0.29) is 35.8 Å². The van der Waals surface area contributed by atoms with E-state index in [2.05, 4.69) is 28.2 Å². The lowest BCUT2D eigenvalue weighted by Gasteiger charge is -2.21. The van der Waals surface area contributed by atoms with E-state index in [4.69, 9.17) is 0 Å². The first-order valence-electron chi connectivity index (χ1n) is 19.6. The lowest BCUT2D eigenvalue weighted by molar-refractivity contribution is -0.130. The van der Waals surface area contributed by atoms with E-state index >= 15 is 0 Å². The standard InChI is InChI=1S/C43H59FN4O6/c1-2-3-4-5-6-7-8-9-10-11-12-13-14-15-28-45-42(53)38(29-32-16-24-36(49)25-17-32)47-40(51)31-46-43(54)39(30-33-18-26-37(50)27-19-33)48-41(52)34-20-22-35(44)23-21-34/h16-27,38-39,49-50H,2-15,28-31H2,1H3,(H,45,53)(H,46,54)(H,47,51)(H,48,52)/t38-,39-/m0/s1. The zero-order chi connectivity index (χ0) is 39.0. The summed E-state index contributed by atoms with van der Waals surface area (Å²) in [6.07, 6.45) is 17.5. The number of amides is 4. The first-order valence-corrected chi connectivity index (χ1v) is 19.6. The van der Waals surface area contributed by atoms with Crippen molar-refractivity contribution in [3.05, 3.63) is 95.3 Å². The SMILES string of the molecule is CCCCCCCCCCCCCCCCNC(=O)[C@H](Cc1ccc(O)cc1)NC(=O)CNC(=O)[C@H](Cc1ccc(O)cc1)NC(=O)c1ccc(F)cc1. The molecule has 0 aliphatic rings. The van der Waals surface area contributed by atoms with Crippen molar-refractivity contribution in [3.8, 4) is 11.5 Å². The smallest absolute Gasteiger partial charge is 0.251 e. The Hall–Kier alpha value is -4.93. The number of hydrogen-bond acceptors (Lipinski definition) is 6. The fourth-order valence-corrected chi connectivity index (χ4v) is 6.19. The molecule has 11 heteroatoms. The van der Waals surface area contributed by atoms with Crippen molar-refractivity contribution in [2.24, 2.45) is 0 Å². The van der Waals surface area contributed by atoms with E-state index < -0.39 is 42.2 Å². The van der Waals surface area contributed by atoms with Gasteiger partial charge in [-0.1, -0.05) is 115 Å². The zero-order valence-electron chi connectivity index (χ0n) is 31.7. The molecule has 54 heavy (non-hydrogen) atoms. The van der Waals surface area contributed by atoms with Crippen molar-refractivity contribution in [1.82, 2.24) is 21.3 Å². The number of nitrogens with one attached hydrogen (secondary N) is 4. The van der Waals surface area contributed by atoms with Crippen LogP contribution in [-0.2, 0) is 27.2 Å². The number of phenols is 2. The van der Waals surface area contributed by atoms with Gasteiger partial charge in [0.05, 0.1) is 6.54 Å². The van der Waals surface area contributed by atoms with E-state index in [0.717, 1.165) is 37.0 Å². The molecule has 3 rings (SSSR count). The first-order chi connectivity index (χ1) is 26.1. The van der Waals surface area contributed by atoms with E-state index in [0.29, 0.717) is 12.1 Å². The van der Waals surface area contributed by atoms with Gasteiger partial charge < -0.3 is 31.5 Å². The molecule has 0 aromatic heterocycles. The number of benzene rings is 3. The third-order valence-electron chi connectivity index (χ3n) is 9.39. The van der Waals surface area contributed by atoms with E-state index in [9.17, 15) is 33.8 Å². The van der Waals surface area contributed by atoms with Crippen LogP contribution in [-0.4, -0.2) is 59.0 Å². The van der Waals surface area contributed by atoms with Crippen LogP contribution in [0.4, 0.5) is 4.39 Å². The minimum Gasteiger partial charge on any atom is -0.508 e. The molecule has 0 unspecified atom stereocenters. The van der Waals surface area contributed by atoms with Crippen LogP contribution in [0.25, 0.3) is 0 Å². The summed E-state index contributed by atoms with van der Waals surface area (Å²) in [5.41, 5.74) is 1.52. The van der Waals surface area contributed by atoms with Crippen LogP contribution in [0.1, 0.15) is 118 Å². The van der Waals surface area contributed by atoms with Gasteiger partial charge in [-0.25, -0.2) is 4.39 Å². The van der Waals surface area contributed by atoms with E-state index in [1.165, 1.54) is 107 Å². The summed E-state index contributed by atoms with van der Waals surface area (Å²) in [7, 11) is 0. The number of unbranched alkanes of at least 4 members (excludes halogenated alkanes) is 13. The Morgan fingerprint density at radius 1 is 0.556 bits per heavy atom. The largest absolute Gasteiger partial charge is 0.508 e. The van der Waals surface area contributed by atoms with Gasteiger partial charge in [0.1, 0.15) is 29.4 Å². The molecule has 2 atom stereocenters. The van der Waals surface area contributed by atoms with Gasteiger partial charge in [-0.2, -0.15) is 0 Å². The number of aromatic hydroxyl groups is 2. The Labute approximate surface area is 319 Å². The van der Waals surface area contributed by atoms with Crippen LogP contribution in [0.5, 0.6) is 11.5 Å². The summed E-state index contributed by atoms with van der Waals surface area (Å²) in [5, 5.41) is 30.2. The second-order valence-corrected chi connectivity index (χ2v) is 14.0. The van der Waals surface area contributed by atoms with Crippen LogP contribution in [0.15, 0.2) is 72.8 Å². The van der Waals surface area contributed by atoms with Crippen molar-refractivity contribution in [2.75, 3.05) is 13.1 Å². The highest BCUT2D eigenvalue weighted by molar-refractivity contribution is 5.98. The highest BCUT2D eigenvalue weighted by Crippen LogP contribution is 2.15. The van der Waals surface area contributed by atoms with Crippen LogP contribution < -0.4 is 21.3 Å². The summed E-state index contributed by atoms with van der Waals surface area (Å²) in [6.45, 7) is 2.26. The Morgan fingerprint density at radius 2 is 0.981 bits per heavy atom. The minimum atomic E-state index is -1.11. The van der Waals surface area contributed by atoms with Gasteiger partial charge in [-0.15, -0.1) is 0 Å². The summed E-state index contributed by atoms with van der Waals surface area (Å²) in [6, 6.07) is 15.3. The third kappa shape index (κ3) is 17.7.